The standard InChI is InChI=1S/C14H10FN.C3H4N2/c15-11-7-5-10(6-8-11)13-9-16-14-4-2-1-3-12(13)14;1-2-4-5-3-1/h1-9,16H;1-3H,(H,4,5). The molecule has 0 atom stereocenters. The monoisotopic (exact) mass is 279 g/mol. The fraction of sp³-hybridized carbons (Fsp3) is 0. The predicted octanol–water partition coefficient (Wildman–Crippen LogP) is 4.38. The third-order valence-corrected chi connectivity index (χ3v) is 3.15. The van der Waals surface area contributed by atoms with Gasteiger partial charge in [0.1, 0.15) is 5.82 Å². The van der Waals surface area contributed by atoms with Crippen LogP contribution in [0.2, 0.25) is 0 Å². The molecule has 4 rings (SSSR count). The Morgan fingerprint density at radius 2 is 1.71 bits per heavy atom. The first kappa shape index (κ1) is 13.1. The normalized spacial score (nSPS) is 10.1. The van der Waals surface area contributed by atoms with Gasteiger partial charge in [0, 0.05) is 35.1 Å². The van der Waals surface area contributed by atoms with E-state index in [1.807, 2.05) is 30.5 Å². The zero-order valence-electron chi connectivity index (χ0n) is 11.3. The molecule has 2 aromatic carbocycles. The van der Waals surface area contributed by atoms with Crippen molar-refractivity contribution >= 4 is 10.9 Å². The molecule has 0 saturated carbocycles. The molecule has 0 fully saturated rings. The molecule has 2 heterocycles. The van der Waals surface area contributed by atoms with E-state index in [0.29, 0.717) is 0 Å². The van der Waals surface area contributed by atoms with E-state index in [1.165, 1.54) is 12.1 Å². The first-order valence-electron chi connectivity index (χ1n) is 6.60. The molecule has 0 bridgehead atoms. The smallest absolute Gasteiger partial charge is 0.123 e. The average molecular weight is 279 g/mol. The number of benzene rings is 2. The number of fused-ring (bicyclic) bond motifs is 1. The van der Waals surface area contributed by atoms with Crippen LogP contribution < -0.4 is 0 Å². The molecule has 2 aromatic heterocycles. The summed E-state index contributed by atoms with van der Waals surface area (Å²) in [5.74, 6) is -0.205. The second-order valence-corrected chi connectivity index (χ2v) is 4.52. The lowest BCUT2D eigenvalue weighted by Gasteiger charge is -1.98. The summed E-state index contributed by atoms with van der Waals surface area (Å²) in [5, 5.41) is 7.37. The van der Waals surface area contributed by atoms with Crippen molar-refractivity contribution in [2.75, 3.05) is 0 Å². The van der Waals surface area contributed by atoms with Gasteiger partial charge < -0.3 is 4.98 Å². The summed E-state index contributed by atoms with van der Waals surface area (Å²) in [6.07, 6.45) is 5.41. The van der Waals surface area contributed by atoms with E-state index in [2.05, 4.69) is 21.2 Å². The van der Waals surface area contributed by atoms with E-state index in [4.69, 9.17) is 0 Å². The number of hydrogen-bond donors (Lipinski definition) is 2. The fourth-order valence-corrected chi connectivity index (χ4v) is 2.15. The van der Waals surface area contributed by atoms with Crippen LogP contribution in [0.5, 0.6) is 0 Å². The molecule has 0 spiro atoms. The number of hydrogen-bond acceptors (Lipinski definition) is 1. The van der Waals surface area contributed by atoms with Gasteiger partial charge in [0.25, 0.3) is 0 Å². The summed E-state index contributed by atoms with van der Waals surface area (Å²) >= 11 is 0. The zero-order chi connectivity index (χ0) is 14.5. The summed E-state index contributed by atoms with van der Waals surface area (Å²) in [7, 11) is 0. The summed E-state index contributed by atoms with van der Waals surface area (Å²) in [6.45, 7) is 0. The van der Waals surface area contributed by atoms with Gasteiger partial charge in [-0.3, -0.25) is 5.10 Å². The van der Waals surface area contributed by atoms with Crippen molar-refractivity contribution in [2.45, 2.75) is 0 Å². The van der Waals surface area contributed by atoms with Gasteiger partial charge in [0.2, 0.25) is 0 Å². The number of nitrogens with zero attached hydrogens (tertiary/aromatic N) is 1. The molecular formula is C17H14FN3. The predicted molar refractivity (Wildman–Crippen MR) is 82.3 cm³/mol. The SMILES string of the molecule is Fc1ccc(-c2c[nH]c3ccccc23)cc1.c1cn[nH]c1. The molecule has 21 heavy (non-hydrogen) atoms. The van der Waals surface area contributed by atoms with E-state index in [-0.39, 0.29) is 5.82 Å². The Kier molecular flexibility index (Phi) is 3.78. The number of nitrogens with one attached hydrogen (secondary N) is 2. The Hall–Kier alpha value is -2.88. The highest BCUT2D eigenvalue weighted by Crippen LogP contribution is 2.28. The molecule has 0 unspecified atom stereocenters. The molecule has 4 heteroatoms. The van der Waals surface area contributed by atoms with E-state index in [9.17, 15) is 4.39 Å². The van der Waals surface area contributed by atoms with Crippen molar-refractivity contribution < 1.29 is 4.39 Å². The van der Waals surface area contributed by atoms with Crippen LogP contribution in [0.4, 0.5) is 4.39 Å². The second-order valence-electron chi connectivity index (χ2n) is 4.52. The molecule has 4 aromatic rings. The molecule has 0 aliphatic rings. The molecule has 2 N–H and O–H groups in total. The molecular weight excluding hydrogens is 265 g/mol. The lowest BCUT2D eigenvalue weighted by Crippen LogP contribution is -1.76. The van der Waals surface area contributed by atoms with E-state index >= 15 is 0 Å². The highest BCUT2D eigenvalue weighted by molar-refractivity contribution is 5.95. The van der Waals surface area contributed by atoms with Crippen LogP contribution in [0, 0.1) is 5.82 Å². The van der Waals surface area contributed by atoms with E-state index in [0.717, 1.165) is 22.0 Å². The van der Waals surface area contributed by atoms with Gasteiger partial charge in [0.15, 0.2) is 0 Å². The Morgan fingerprint density at radius 3 is 2.38 bits per heavy atom. The highest BCUT2D eigenvalue weighted by Gasteiger charge is 2.04. The highest BCUT2D eigenvalue weighted by atomic mass is 19.1. The van der Waals surface area contributed by atoms with E-state index < -0.39 is 0 Å². The Bertz CT molecular complexity index is 784. The first-order valence-corrected chi connectivity index (χ1v) is 6.60. The maximum absolute atomic E-state index is 12.8. The van der Waals surface area contributed by atoms with Crippen molar-refractivity contribution in [1.82, 2.24) is 15.2 Å². The van der Waals surface area contributed by atoms with Gasteiger partial charge in [-0.25, -0.2) is 4.39 Å². The zero-order valence-corrected chi connectivity index (χ0v) is 11.3. The fourth-order valence-electron chi connectivity index (χ4n) is 2.15. The number of para-hydroxylation sites is 1. The molecule has 0 radical (unpaired) electrons. The topological polar surface area (TPSA) is 44.5 Å². The third kappa shape index (κ3) is 3.00. The molecule has 0 aliphatic carbocycles. The number of H-pyrrole nitrogens is 2. The first-order chi connectivity index (χ1) is 10.3. The summed E-state index contributed by atoms with van der Waals surface area (Å²) < 4.78 is 12.8. The molecule has 3 nitrogen and oxygen atoms in total. The Labute approximate surface area is 121 Å². The summed E-state index contributed by atoms with van der Waals surface area (Å²) in [5.41, 5.74) is 3.23. The minimum absolute atomic E-state index is 0.205. The van der Waals surface area contributed by atoms with Gasteiger partial charge in [-0.1, -0.05) is 30.3 Å². The molecule has 0 aliphatic heterocycles. The Morgan fingerprint density at radius 1 is 0.905 bits per heavy atom. The van der Waals surface area contributed by atoms with Gasteiger partial charge in [-0.15, -0.1) is 0 Å². The van der Waals surface area contributed by atoms with Crippen LogP contribution in [0.15, 0.2) is 73.2 Å². The van der Waals surface area contributed by atoms with Crippen LogP contribution in [0.3, 0.4) is 0 Å². The van der Waals surface area contributed by atoms with Gasteiger partial charge in [-0.05, 0) is 29.8 Å². The van der Waals surface area contributed by atoms with Crippen molar-refractivity contribution in [2.24, 2.45) is 0 Å². The second kappa shape index (κ2) is 6.05. The maximum Gasteiger partial charge on any atom is 0.123 e. The van der Waals surface area contributed by atoms with Crippen LogP contribution >= 0.6 is 0 Å². The van der Waals surface area contributed by atoms with Crippen LogP contribution in [-0.2, 0) is 0 Å². The number of aromatic nitrogens is 3. The molecule has 0 saturated heterocycles. The molecule has 0 amide bonds. The van der Waals surface area contributed by atoms with Gasteiger partial charge >= 0.3 is 0 Å². The van der Waals surface area contributed by atoms with Gasteiger partial charge in [0.05, 0.1) is 0 Å². The average Bonchev–Trinajstić information content (AvgIpc) is 3.21. The number of halogens is 1. The Balaban J connectivity index is 0.000000225. The maximum atomic E-state index is 12.8. The largest absolute Gasteiger partial charge is 0.361 e. The third-order valence-electron chi connectivity index (χ3n) is 3.15. The van der Waals surface area contributed by atoms with Crippen LogP contribution in [0.1, 0.15) is 0 Å². The summed E-state index contributed by atoms with van der Waals surface area (Å²) in [6, 6.07) is 16.5. The van der Waals surface area contributed by atoms with E-state index in [1.54, 1.807) is 24.5 Å². The quantitative estimate of drug-likeness (QED) is 0.533. The lowest BCUT2D eigenvalue weighted by molar-refractivity contribution is 0.628. The minimum atomic E-state index is -0.205. The van der Waals surface area contributed by atoms with Crippen molar-refractivity contribution in [3.05, 3.63) is 79.0 Å². The van der Waals surface area contributed by atoms with Crippen LogP contribution in [0.25, 0.3) is 22.0 Å². The van der Waals surface area contributed by atoms with Crippen LogP contribution in [-0.4, -0.2) is 15.2 Å². The van der Waals surface area contributed by atoms with Gasteiger partial charge in [-0.2, -0.15) is 5.10 Å². The summed E-state index contributed by atoms with van der Waals surface area (Å²) in [4.78, 5) is 3.21. The van der Waals surface area contributed by atoms with Crippen molar-refractivity contribution in [3.8, 4) is 11.1 Å². The minimum Gasteiger partial charge on any atom is -0.361 e. The number of aromatic amines is 2. The van der Waals surface area contributed by atoms with Crippen molar-refractivity contribution in [3.63, 3.8) is 0 Å². The number of rotatable bonds is 1. The van der Waals surface area contributed by atoms with Crippen molar-refractivity contribution in [1.29, 1.82) is 0 Å². The lowest BCUT2D eigenvalue weighted by atomic mass is 10.1. The molecule has 104 valence electrons.